The number of benzene rings is 1. The Morgan fingerprint density at radius 2 is 1.68 bits per heavy atom. The first kappa shape index (κ1) is 14.5. The highest BCUT2D eigenvalue weighted by Gasteiger charge is 2.30. The van der Waals surface area contributed by atoms with Gasteiger partial charge >= 0.3 is 6.18 Å². The molecule has 114 valence electrons. The molecule has 2 heterocycles. The molecule has 22 heavy (non-hydrogen) atoms. The molecule has 7 heteroatoms. The van der Waals surface area contributed by atoms with E-state index < -0.39 is 11.7 Å². The number of hydrogen-bond acceptors (Lipinski definition) is 3. The summed E-state index contributed by atoms with van der Waals surface area (Å²) >= 11 is 0. The number of alkyl halides is 3. The van der Waals surface area contributed by atoms with Crippen molar-refractivity contribution in [2.24, 2.45) is 0 Å². The molecule has 0 spiro atoms. The number of rotatable bonds is 1. The zero-order chi connectivity index (χ0) is 16.1. The van der Waals surface area contributed by atoms with Crippen molar-refractivity contribution in [2.75, 3.05) is 0 Å². The smallest absolute Gasteiger partial charge is 0.237 e. The SMILES string of the molecule is Cc1nnc(C)c2c(C)n(-c3cccc(C(F)(F)F)c3)nc12. The van der Waals surface area contributed by atoms with Crippen LogP contribution < -0.4 is 0 Å². The molecule has 1 aromatic carbocycles. The van der Waals surface area contributed by atoms with Crippen LogP contribution >= 0.6 is 0 Å². The normalized spacial score (nSPS) is 12.1. The third-order valence-electron chi connectivity index (χ3n) is 3.59. The van der Waals surface area contributed by atoms with Crippen molar-refractivity contribution in [3.8, 4) is 5.69 Å². The maximum absolute atomic E-state index is 12.9. The Balaban J connectivity index is 2.26. The Hall–Kier alpha value is -2.44. The van der Waals surface area contributed by atoms with E-state index in [1.54, 1.807) is 19.9 Å². The van der Waals surface area contributed by atoms with Gasteiger partial charge in [-0.3, -0.25) is 0 Å². The number of halogens is 3. The predicted octanol–water partition coefficient (Wildman–Crippen LogP) is 3.76. The summed E-state index contributed by atoms with van der Waals surface area (Å²) in [6.45, 7) is 5.39. The molecule has 3 aromatic rings. The van der Waals surface area contributed by atoms with Crippen LogP contribution in [0.2, 0.25) is 0 Å². The average Bonchev–Trinajstić information content (AvgIpc) is 2.81. The third-order valence-corrected chi connectivity index (χ3v) is 3.59. The Bertz CT molecular complexity index is 865. The number of hydrogen-bond donors (Lipinski definition) is 0. The second-order valence-corrected chi connectivity index (χ2v) is 5.14. The van der Waals surface area contributed by atoms with E-state index in [0.717, 1.165) is 23.2 Å². The summed E-state index contributed by atoms with van der Waals surface area (Å²) in [6.07, 6.45) is -4.38. The molecule has 4 nitrogen and oxygen atoms in total. The average molecular weight is 306 g/mol. The Morgan fingerprint density at radius 1 is 1.00 bits per heavy atom. The Kier molecular flexibility index (Phi) is 3.16. The number of fused-ring (bicyclic) bond motifs is 1. The maximum atomic E-state index is 12.9. The lowest BCUT2D eigenvalue weighted by Crippen LogP contribution is -2.07. The lowest BCUT2D eigenvalue weighted by molar-refractivity contribution is -0.137. The fraction of sp³-hybridized carbons (Fsp3) is 0.267. The first-order valence-corrected chi connectivity index (χ1v) is 6.66. The van der Waals surface area contributed by atoms with Crippen LogP contribution in [0.25, 0.3) is 16.6 Å². The highest BCUT2D eigenvalue weighted by molar-refractivity contribution is 5.85. The first-order valence-electron chi connectivity index (χ1n) is 6.66. The van der Waals surface area contributed by atoms with Crippen LogP contribution in [0.1, 0.15) is 22.6 Å². The predicted molar refractivity (Wildman–Crippen MR) is 75.9 cm³/mol. The molecule has 0 aliphatic rings. The van der Waals surface area contributed by atoms with E-state index in [0.29, 0.717) is 22.6 Å². The van der Waals surface area contributed by atoms with Gasteiger partial charge in [0.1, 0.15) is 5.52 Å². The number of aromatic nitrogens is 4. The highest BCUT2D eigenvalue weighted by Crippen LogP contribution is 2.31. The van der Waals surface area contributed by atoms with Gasteiger partial charge in [0.25, 0.3) is 0 Å². The van der Waals surface area contributed by atoms with Crippen LogP contribution in [0.3, 0.4) is 0 Å². The van der Waals surface area contributed by atoms with E-state index in [4.69, 9.17) is 0 Å². The highest BCUT2D eigenvalue weighted by atomic mass is 19.4. The van der Waals surface area contributed by atoms with Crippen molar-refractivity contribution < 1.29 is 13.2 Å². The molecular formula is C15H13F3N4. The topological polar surface area (TPSA) is 43.6 Å². The monoisotopic (exact) mass is 306 g/mol. The van der Waals surface area contributed by atoms with Gasteiger partial charge in [-0.25, -0.2) is 4.68 Å². The Labute approximate surface area is 124 Å². The summed E-state index contributed by atoms with van der Waals surface area (Å²) in [5.74, 6) is 0. The summed E-state index contributed by atoms with van der Waals surface area (Å²) in [5.41, 5.74) is 2.41. The largest absolute Gasteiger partial charge is 0.416 e. The minimum absolute atomic E-state index is 0.363. The molecule has 0 atom stereocenters. The van der Waals surface area contributed by atoms with Gasteiger partial charge in [-0.15, -0.1) is 0 Å². The molecule has 0 N–H and O–H groups in total. The van der Waals surface area contributed by atoms with Crippen LogP contribution in [-0.4, -0.2) is 20.0 Å². The van der Waals surface area contributed by atoms with Gasteiger partial charge < -0.3 is 0 Å². The zero-order valence-electron chi connectivity index (χ0n) is 12.2. The van der Waals surface area contributed by atoms with Gasteiger partial charge in [-0.05, 0) is 39.0 Å². The molecule has 0 radical (unpaired) electrons. The van der Waals surface area contributed by atoms with E-state index in [-0.39, 0.29) is 0 Å². The van der Waals surface area contributed by atoms with E-state index in [2.05, 4.69) is 15.3 Å². The summed E-state index contributed by atoms with van der Waals surface area (Å²) in [4.78, 5) is 0. The quantitative estimate of drug-likeness (QED) is 0.687. The fourth-order valence-corrected chi connectivity index (χ4v) is 2.50. The molecular weight excluding hydrogens is 293 g/mol. The minimum Gasteiger partial charge on any atom is -0.237 e. The molecule has 0 amide bonds. The van der Waals surface area contributed by atoms with Gasteiger partial charge in [0.15, 0.2) is 0 Å². The van der Waals surface area contributed by atoms with Gasteiger partial charge in [-0.1, -0.05) is 6.07 Å². The summed E-state index contributed by atoms with van der Waals surface area (Å²) in [7, 11) is 0. The lowest BCUT2D eigenvalue weighted by Gasteiger charge is -2.09. The zero-order valence-corrected chi connectivity index (χ0v) is 12.2. The molecule has 0 saturated carbocycles. The first-order chi connectivity index (χ1) is 10.3. The van der Waals surface area contributed by atoms with E-state index in [1.165, 1.54) is 10.7 Å². The van der Waals surface area contributed by atoms with Crippen molar-refractivity contribution in [1.29, 1.82) is 0 Å². The van der Waals surface area contributed by atoms with E-state index in [1.807, 2.05) is 6.92 Å². The molecule has 2 aromatic heterocycles. The van der Waals surface area contributed by atoms with Crippen molar-refractivity contribution >= 4 is 10.9 Å². The van der Waals surface area contributed by atoms with Crippen LogP contribution in [0.5, 0.6) is 0 Å². The standard InChI is InChI=1S/C15H13F3N4/c1-8-13-10(3)22(21-14(13)9(2)20-19-8)12-6-4-5-11(7-12)15(16,17)18/h4-7H,1-3H3. The maximum Gasteiger partial charge on any atom is 0.416 e. The minimum atomic E-state index is -4.38. The Morgan fingerprint density at radius 3 is 2.32 bits per heavy atom. The fourth-order valence-electron chi connectivity index (χ4n) is 2.50. The number of nitrogens with zero attached hydrogens (tertiary/aromatic N) is 4. The van der Waals surface area contributed by atoms with Gasteiger partial charge in [-0.2, -0.15) is 28.5 Å². The van der Waals surface area contributed by atoms with Crippen molar-refractivity contribution in [3.63, 3.8) is 0 Å². The molecule has 0 fully saturated rings. The third kappa shape index (κ3) is 2.22. The van der Waals surface area contributed by atoms with Gasteiger partial charge in [0.05, 0.1) is 28.3 Å². The molecule has 0 saturated heterocycles. The molecule has 3 rings (SSSR count). The van der Waals surface area contributed by atoms with Crippen molar-refractivity contribution in [3.05, 3.63) is 46.9 Å². The van der Waals surface area contributed by atoms with Crippen LogP contribution in [0, 0.1) is 20.8 Å². The number of aryl methyl sites for hydroxylation is 3. The molecule has 0 aliphatic heterocycles. The lowest BCUT2D eigenvalue weighted by atomic mass is 10.1. The summed E-state index contributed by atoms with van der Waals surface area (Å²) in [5, 5.41) is 13.3. The summed E-state index contributed by atoms with van der Waals surface area (Å²) < 4.78 is 40.1. The van der Waals surface area contributed by atoms with Crippen molar-refractivity contribution in [2.45, 2.75) is 26.9 Å². The molecule has 0 unspecified atom stereocenters. The molecule has 0 aliphatic carbocycles. The van der Waals surface area contributed by atoms with Crippen LogP contribution in [0.4, 0.5) is 13.2 Å². The molecule has 0 bridgehead atoms. The second-order valence-electron chi connectivity index (χ2n) is 5.14. The van der Waals surface area contributed by atoms with Crippen molar-refractivity contribution in [1.82, 2.24) is 20.0 Å². The van der Waals surface area contributed by atoms with E-state index in [9.17, 15) is 13.2 Å². The van der Waals surface area contributed by atoms with Crippen LogP contribution in [0.15, 0.2) is 24.3 Å². The van der Waals surface area contributed by atoms with Gasteiger partial charge in [0.2, 0.25) is 0 Å². The van der Waals surface area contributed by atoms with Gasteiger partial charge in [0, 0.05) is 5.39 Å². The van der Waals surface area contributed by atoms with E-state index >= 15 is 0 Å². The summed E-state index contributed by atoms with van der Waals surface area (Å²) in [6, 6.07) is 5.10. The van der Waals surface area contributed by atoms with Crippen LogP contribution in [-0.2, 0) is 6.18 Å². The second kappa shape index (κ2) is 4.79.